The van der Waals surface area contributed by atoms with Crippen molar-refractivity contribution in [2.24, 2.45) is 0 Å². The van der Waals surface area contributed by atoms with Crippen LogP contribution >= 0.6 is 0 Å². The predicted octanol–water partition coefficient (Wildman–Crippen LogP) is 4.76. The number of aryl methyl sites for hydroxylation is 2. The molecule has 0 unspecified atom stereocenters. The second kappa shape index (κ2) is 14.2. The van der Waals surface area contributed by atoms with E-state index in [0.29, 0.717) is 6.54 Å². The number of hydrogen-bond acceptors (Lipinski definition) is 5. The molecule has 0 bridgehead atoms. The van der Waals surface area contributed by atoms with Crippen molar-refractivity contribution in [3.05, 3.63) is 120 Å². The van der Waals surface area contributed by atoms with Gasteiger partial charge in [-0.3, -0.25) is 24.8 Å². The van der Waals surface area contributed by atoms with E-state index in [9.17, 15) is 0 Å². The first-order valence-electron chi connectivity index (χ1n) is 11.0. The summed E-state index contributed by atoms with van der Waals surface area (Å²) >= 11 is 0. The Morgan fingerprint density at radius 3 is 1.21 bits per heavy atom. The van der Waals surface area contributed by atoms with E-state index in [1.807, 2.05) is 49.1 Å². The van der Waals surface area contributed by atoms with Gasteiger partial charge >= 0.3 is 0 Å². The first-order valence-corrected chi connectivity index (χ1v) is 11.0. The predicted molar refractivity (Wildman–Crippen MR) is 132 cm³/mol. The van der Waals surface area contributed by atoms with Crippen LogP contribution in [0.2, 0.25) is 0 Å². The number of nitrogens with zero attached hydrogens (tertiary/aromatic N) is 5. The fraction of sp³-hybridized carbons (Fsp3) is 0.214. The van der Waals surface area contributed by atoms with Gasteiger partial charge in [-0.05, 0) is 90.0 Å². The van der Waals surface area contributed by atoms with Gasteiger partial charge in [0.2, 0.25) is 0 Å². The van der Waals surface area contributed by atoms with Crippen molar-refractivity contribution in [3.8, 4) is 12.3 Å². The minimum atomic E-state index is 0.630. The monoisotopic (exact) mass is 435 g/mol. The van der Waals surface area contributed by atoms with Gasteiger partial charge in [0.25, 0.3) is 0 Å². The molecule has 0 amide bonds. The fourth-order valence-corrected chi connectivity index (χ4v) is 3.39. The third-order valence-corrected chi connectivity index (χ3v) is 5.06. The molecule has 0 aliphatic carbocycles. The van der Waals surface area contributed by atoms with Crippen molar-refractivity contribution in [2.45, 2.75) is 32.4 Å². The molecule has 4 heterocycles. The lowest BCUT2D eigenvalue weighted by Crippen LogP contribution is -2.23. The Balaban J connectivity index is 0.000000189. The van der Waals surface area contributed by atoms with Crippen LogP contribution in [0.15, 0.2) is 98.1 Å². The highest BCUT2D eigenvalue weighted by Crippen LogP contribution is 2.08. The second-order valence-corrected chi connectivity index (χ2v) is 7.62. The largest absolute Gasteiger partial charge is 0.284 e. The van der Waals surface area contributed by atoms with E-state index in [-0.39, 0.29) is 0 Å². The smallest absolute Gasteiger partial charge is 0.0605 e. The maximum absolute atomic E-state index is 5.42. The quantitative estimate of drug-likeness (QED) is 0.355. The van der Waals surface area contributed by atoms with E-state index in [2.05, 4.69) is 55.0 Å². The van der Waals surface area contributed by atoms with Crippen LogP contribution in [0.25, 0.3) is 0 Å². The molecule has 0 saturated carbocycles. The van der Waals surface area contributed by atoms with E-state index in [0.717, 1.165) is 25.9 Å². The van der Waals surface area contributed by atoms with E-state index >= 15 is 0 Å². The van der Waals surface area contributed by atoms with E-state index in [1.165, 1.54) is 28.7 Å². The first-order chi connectivity index (χ1) is 16.3. The van der Waals surface area contributed by atoms with Gasteiger partial charge in [-0.25, -0.2) is 0 Å². The van der Waals surface area contributed by atoms with Crippen LogP contribution in [0.3, 0.4) is 0 Å². The molecule has 0 aliphatic heterocycles. The number of aromatic nitrogens is 4. The Labute approximate surface area is 196 Å². The summed E-state index contributed by atoms with van der Waals surface area (Å²) in [6, 6.07) is 16.3. The van der Waals surface area contributed by atoms with Gasteiger partial charge in [0.05, 0.1) is 6.54 Å². The van der Waals surface area contributed by atoms with Gasteiger partial charge in [-0.1, -0.05) is 5.92 Å². The van der Waals surface area contributed by atoms with Crippen molar-refractivity contribution >= 4 is 0 Å². The molecule has 0 aromatic carbocycles. The minimum absolute atomic E-state index is 0.630. The highest BCUT2D eigenvalue weighted by atomic mass is 15.1. The highest BCUT2D eigenvalue weighted by molar-refractivity contribution is 5.14. The zero-order valence-corrected chi connectivity index (χ0v) is 18.8. The van der Waals surface area contributed by atoms with Gasteiger partial charge in [-0.2, -0.15) is 0 Å². The summed E-state index contributed by atoms with van der Waals surface area (Å²) in [6.45, 7) is 2.29. The molecule has 33 heavy (non-hydrogen) atoms. The molecule has 0 N–H and O–H groups in total. The molecule has 0 radical (unpaired) electrons. The molecule has 0 fully saturated rings. The Morgan fingerprint density at radius 2 is 0.879 bits per heavy atom. The third-order valence-electron chi connectivity index (χ3n) is 5.06. The molecule has 166 valence electrons. The Bertz CT molecular complexity index is 984. The summed E-state index contributed by atoms with van der Waals surface area (Å²) in [7, 11) is 0. The zero-order chi connectivity index (χ0) is 23.0. The van der Waals surface area contributed by atoms with Crippen molar-refractivity contribution in [1.29, 1.82) is 0 Å². The summed E-state index contributed by atoms with van der Waals surface area (Å²) < 4.78 is 0. The second-order valence-electron chi connectivity index (χ2n) is 7.62. The molecule has 0 saturated heterocycles. The van der Waals surface area contributed by atoms with Gasteiger partial charge in [0.15, 0.2) is 0 Å². The van der Waals surface area contributed by atoms with Crippen LogP contribution in [-0.4, -0.2) is 31.4 Å². The molecule has 4 aromatic heterocycles. The summed E-state index contributed by atoms with van der Waals surface area (Å²) in [5.74, 6) is 2.70. The Hall–Kier alpha value is -3.88. The molecule has 4 rings (SSSR count). The lowest BCUT2D eigenvalue weighted by Gasteiger charge is -2.19. The van der Waals surface area contributed by atoms with Crippen molar-refractivity contribution < 1.29 is 0 Å². The fourth-order valence-electron chi connectivity index (χ4n) is 3.39. The average Bonchev–Trinajstić information content (AvgIpc) is 2.87. The van der Waals surface area contributed by atoms with Crippen LogP contribution in [0.5, 0.6) is 0 Å². The summed E-state index contributed by atoms with van der Waals surface area (Å²) in [6.07, 6.45) is 23.4. The number of pyridine rings is 4. The molecular formula is C28H29N5. The summed E-state index contributed by atoms with van der Waals surface area (Å²) in [5, 5.41) is 0. The lowest BCUT2D eigenvalue weighted by atomic mass is 10.1. The van der Waals surface area contributed by atoms with Gasteiger partial charge < -0.3 is 0 Å². The van der Waals surface area contributed by atoms with Crippen LogP contribution in [0.1, 0.15) is 28.7 Å². The summed E-state index contributed by atoms with van der Waals surface area (Å²) in [4.78, 5) is 18.3. The third kappa shape index (κ3) is 9.42. The van der Waals surface area contributed by atoms with Crippen LogP contribution in [-0.2, 0) is 25.9 Å². The maximum atomic E-state index is 5.42. The Kier molecular flexibility index (Phi) is 10.3. The minimum Gasteiger partial charge on any atom is -0.284 e. The molecule has 5 heteroatoms. The average molecular weight is 436 g/mol. The topological polar surface area (TPSA) is 54.8 Å². The van der Waals surface area contributed by atoms with Gasteiger partial charge in [0, 0.05) is 62.7 Å². The highest BCUT2D eigenvalue weighted by Gasteiger charge is 2.05. The van der Waals surface area contributed by atoms with E-state index in [4.69, 9.17) is 6.42 Å². The normalized spacial score (nSPS) is 10.2. The standard InChI is InChI=1S/C15H15N3.C13H14N2/c1-2-11-18(12-14-3-7-16-8-4-14)13-15-5-9-17-10-6-15;1(2-12-4-8-14-9-5-12)3-13-6-10-15-11-7-13/h1,3-10H,11-13H2;4-11H,1-3H2. The van der Waals surface area contributed by atoms with Gasteiger partial charge in [0.1, 0.15) is 0 Å². The Morgan fingerprint density at radius 1 is 0.545 bits per heavy atom. The van der Waals surface area contributed by atoms with Crippen molar-refractivity contribution in [2.75, 3.05) is 6.54 Å². The summed E-state index contributed by atoms with van der Waals surface area (Å²) in [5.41, 5.74) is 5.15. The maximum Gasteiger partial charge on any atom is 0.0605 e. The molecule has 0 atom stereocenters. The van der Waals surface area contributed by atoms with Crippen LogP contribution in [0, 0.1) is 12.3 Å². The first kappa shape index (κ1) is 23.8. The molecule has 5 nitrogen and oxygen atoms in total. The van der Waals surface area contributed by atoms with Gasteiger partial charge in [-0.15, -0.1) is 6.42 Å². The molecule has 0 aliphatic rings. The molecule has 4 aromatic rings. The van der Waals surface area contributed by atoms with Crippen LogP contribution < -0.4 is 0 Å². The van der Waals surface area contributed by atoms with E-state index < -0.39 is 0 Å². The van der Waals surface area contributed by atoms with Crippen molar-refractivity contribution in [3.63, 3.8) is 0 Å². The van der Waals surface area contributed by atoms with Crippen molar-refractivity contribution in [1.82, 2.24) is 24.8 Å². The van der Waals surface area contributed by atoms with E-state index in [1.54, 1.807) is 24.8 Å². The lowest BCUT2D eigenvalue weighted by molar-refractivity contribution is 0.290. The molecule has 0 spiro atoms. The molecular weight excluding hydrogens is 406 g/mol. The van der Waals surface area contributed by atoms with Crippen LogP contribution in [0.4, 0.5) is 0 Å². The number of hydrogen-bond donors (Lipinski definition) is 0. The number of terminal acetylenes is 1. The SMILES string of the molecule is C#CCN(Cc1ccncc1)Cc1ccncc1.c1cc(CCCc2ccncc2)ccn1. The number of rotatable bonds is 9. The zero-order valence-electron chi connectivity index (χ0n) is 18.8.